The lowest BCUT2D eigenvalue weighted by Gasteiger charge is -2.18. The van der Waals surface area contributed by atoms with E-state index in [1.165, 1.54) is 4.79 Å². The maximum absolute atomic E-state index is 11.5. The van der Waals surface area contributed by atoms with Gasteiger partial charge in [-0.05, 0) is 0 Å². The summed E-state index contributed by atoms with van der Waals surface area (Å²) in [4.78, 5) is 1.25. The van der Waals surface area contributed by atoms with Crippen LogP contribution in [0.2, 0.25) is 0 Å². The van der Waals surface area contributed by atoms with Gasteiger partial charge < -0.3 is 5.73 Å². The molecule has 1 aromatic rings. The molecule has 2 rings (SSSR count). The smallest absolute Gasteiger partial charge is 0.361 e. The van der Waals surface area contributed by atoms with Crippen molar-refractivity contribution in [1.82, 2.24) is 5.27 Å². The first-order chi connectivity index (χ1) is 7.50. The van der Waals surface area contributed by atoms with Crippen molar-refractivity contribution < 1.29 is 17.7 Å². The molecule has 0 amide bonds. The van der Waals surface area contributed by atoms with E-state index in [4.69, 9.17) is 10.3 Å². The molecule has 0 aromatic carbocycles. The van der Waals surface area contributed by atoms with Crippen molar-refractivity contribution in [3.63, 3.8) is 0 Å². The van der Waals surface area contributed by atoms with Crippen LogP contribution in [-0.2, 0) is 9.84 Å². The fraction of sp³-hybridized carbons (Fsp3) is 0.714. The Balaban J connectivity index is 2.41. The Morgan fingerprint density at radius 3 is 2.69 bits per heavy atom. The molecular formula is C7H13N4O3S2+. The van der Waals surface area contributed by atoms with Crippen molar-refractivity contribution in [2.45, 2.75) is 5.03 Å². The molecule has 1 saturated heterocycles. The van der Waals surface area contributed by atoms with Crippen LogP contribution in [0.5, 0.6) is 0 Å². The maximum atomic E-state index is 11.5. The van der Waals surface area contributed by atoms with Crippen LogP contribution in [0.1, 0.15) is 0 Å². The van der Waals surface area contributed by atoms with Crippen LogP contribution in [0.15, 0.2) is 9.55 Å². The molecule has 0 unspecified atom stereocenters. The van der Waals surface area contributed by atoms with E-state index in [2.05, 4.69) is 5.27 Å². The van der Waals surface area contributed by atoms with E-state index >= 15 is 0 Å². The molecule has 7 nitrogen and oxygen atoms in total. The largest absolute Gasteiger partial charge is 0.420 e. The van der Waals surface area contributed by atoms with Crippen LogP contribution >= 0.6 is 11.8 Å². The third-order valence-corrected chi connectivity index (χ3v) is 4.22. The molecule has 1 aliphatic rings. The Hall–Kier alpha value is -0.960. The number of aromatic nitrogens is 2. The number of hydrogen-bond donors (Lipinski definition) is 1. The van der Waals surface area contributed by atoms with Gasteiger partial charge in [0.2, 0.25) is 15.1 Å². The van der Waals surface area contributed by atoms with Crippen molar-refractivity contribution in [1.29, 1.82) is 0 Å². The molecule has 1 aromatic heterocycles. The Bertz CT molecular complexity index is 478. The zero-order valence-electron chi connectivity index (χ0n) is 8.79. The highest BCUT2D eigenvalue weighted by Crippen LogP contribution is 2.13. The summed E-state index contributed by atoms with van der Waals surface area (Å²) < 4.78 is 27.8. The van der Waals surface area contributed by atoms with E-state index in [9.17, 15) is 8.42 Å². The van der Waals surface area contributed by atoms with E-state index in [0.717, 1.165) is 30.9 Å². The minimum atomic E-state index is -3.44. The SMILES string of the molecule is CS(=O)(=O)c1c(N)on[n+]1N1CCSCC1. The second-order valence-corrected chi connectivity index (χ2v) is 6.63. The molecule has 0 saturated carbocycles. The quantitative estimate of drug-likeness (QED) is 0.659. The number of rotatable bonds is 2. The van der Waals surface area contributed by atoms with Gasteiger partial charge in [-0.1, -0.05) is 0 Å². The maximum Gasteiger partial charge on any atom is 0.420 e. The summed E-state index contributed by atoms with van der Waals surface area (Å²) in [6.07, 6.45) is 1.09. The number of hydrogen-bond acceptors (Lipinski definition) is 7. The highest BCUT2D eigenvalue weighted by Gasteiger charge is 2.37. The van der Waals surface area contributed by atoms with Crippen LogP contribution in [-0.4, -0.2) is 44.5 Å². The number of nitrogens with zero attached hydrogens (tertiary/aromatic N) is 3. The van der Waals surface area contributed by atoms with Gasteiger partial charge in [-0.3, -0.25) is 4.52 Å². The normalized spacial score (nSPS) is 17.7. The molecule has 9 heteroatoms. The lowest BCUT2D eigenvalue weighted by atomic mass is 10.6. The van der Waals surface area contributed by atoms with E-state index in [-0.39, 0.29) is 10.9 Å². The molecular weight excluding hydrogens is 252 g/mol. The van der Waals surface area contributed by atoms with E-state index in [1.807, 2.05) is 16.8 Å². The standard InChI is InChI=1S/C7H13N4O3S2/c1-16(12,13)7-6(8)14-9-11(7)10-2-4-15-5-3-10/h2-5,8H2,1H3/q+1. The average molecular weight is 265 g/mol. The molecule has 2 N–H and O–H groups in total. The number of anilines is 1. The summed E-state index contributed by atoms with van der Waals surface area (Å²) in [5.74, 6) is 1.70. The van der Waals surface area contributed by atoms with Gasteiger partial charge in [0.05, 0.1) is 17.9 Å². The number of sulfone groups is 1. The molecule has 0 aliphatic carbocycles. The van der Waals surface area contributed by atoms with Crippen LogP contribution < -0.4 is 15.5 Å². The van der Waals surface area contributed by atoms with Crippen LogP contribution in [0, 0.1) is 0 Å². The molecule has 1 fully saturated rings. The Labute approximate surface area is 97.4 Å². The molecule has 90 valence electrons. The van der Waals surface area contributed by atoms with E-state index < -0.39 is 9.84 Å². The minimum Gasteiger partial charge on any atom is -0.361 e. The van der Waals surface area contributed by atoms with Crippen molar-refractivity contribution >= 4 is 27.5 Å². The van der Waals surface area contributed by atoms with Gasteiger partial charge in [0.1, 0.15) is 0 Å². The van der Waals surface area contributed by atoms with Crippen LogP contribution in [0.3, 0.4) is 0 Å². The van der Waals surface area contributed by atoms with Crippen molar-refractivity contribution in [2.24, 2.45) is 0 Å². The monoisotopic (exact) mass is 265 g/mol. The van der Waals surface area contributed by atoms with Gasteiger partial charge in [-0.25, -0.2) is 8.42 Å². The first-order valence-electron chi connectivity index (χ1n) is 4.70. The molecule has 2 heterocycles. The second-order valence-electron chi connectivity index (χ2n) is 3.47. The fourth-order valence-electron chi connectivity index (χ4n) is 1.51. The third kappa shape index (κ3) is 2.09. The summed E-state index contributed by atoms with van der Waals surface area (Å²) >= 11 is 1.82. The Morgan fingerprint density at radius 1 is 1.50 bits per heavy atom. The summed E-state index contributed by atoms with van der Waals surface area (Å²) in [6, 6.07) is 0. The minimum absolute atomic E-state index is 0.0700. The highest BCUT2D eigenvalue weighted by atomic mass is 32.2. The van der Waals surface area contributed by atoms with Crippen molar-refractivity contribution in [3.05, 3.63) is 0 Å². The molecule has 0 bridgehead atoms. The molecule has 0 atom stereocenters. The predicted octanol–water partition coefficient (Wildman–Crippen LogP) is -1.37. The second kappa shape index (κ2) is 4.13. The van der Waals surface area contributed by atoms with Crippen molar-refractivity contribution in [3.8, 4) is 0 Å². The number of thioether (sulfide) groups is 1. The van der Waals surface area contributed by atoms with Gasteiger partial charge >= 0.3 is 10.9 Å². The molecule has 1 aliphatic heterocycles. The van der Waals surface area contributed by atoms with Gasteiger partial charge in [0.15, 0.2) is 0 Å². The van der Waals surface area contributed by atoms with Gasteiger partial charge in [0.25, 0.3) is 0 Å². The van der Waals surface area contributed by atoms with Gasteiger partial charge in [-0.15, -0.1) is 0 Å². The lowest BCUT2D eigenvalue weighted by molar-refractivity contribution is -0.789. The highest BCUT2D eigenvalue weighted by molar-refractivity contribution is 7.99. The van der Waals surface area contributed by atoms with Gasteiger partial charge in [-0.2, -0.15) is 16.8 Å². The van der Waals surface area contributed by atoms with Crippen LogP contribution in [0.25, 0.3) is 0 Å². The topological polar surface area (TPSA) is 93.3 Å². The van der Waals surface area contributed by atoms with Crippen molar-refractivity contribution in [2.75, 3.05) is 41.6 Å². The van der Waals surface area contributed by atoms with Crippen LogP contribution in [0.4, 0.5) is 5.88 Å². The van der Waals surface area contributed by atoms with E-state index in [0.29, 0.717) is 0 Å². The molecule has 0 radical (unpaired) electrons. The summed E-state index contributed by atoms with van der Waals surface area (Å²) in [6.45, 7) is 1.45. The zero-order chi connectivity index (χ0) is 11.8. The zero-order valence-corrected chi connectivity index (χ0v) is 10.4. The summed E-state index contributed by atoms with van der Waals surface area (Å²) in [7, 11) is -3.44. The van der Waals surface area contributed by atoms with Gasteiger partial charge in [0, 0.05) is 17.8 Å². The lowest BCUT2D eigenvalue weighted by Crippen LogP contribution is -2.64. The third-order valence-electron chi connectivity index (χ3n) is 2.22. The predicted molar refractivity (Wildman–Crippen MR) is 59.5 cm³/mol. The number of nitrogen functional groups attached to an aromatic ring is 1. The Kier molecular flexibility index (Phi) is 2.98. The molecule has 0 spiro atoms. The first-order valence-corrected chi connectivity index (χ1v) is 7.75. The first kappa shape index (κ1) is 11.5. The van der Waals surface area contributed by atoms with E-state index in [1.54, 1.807) is 0 Å². The molecule has 16 heavy (non-hydrogen) atoms. The average Bonchev–Trinajstić information content (AvgIpc) is 2.61. The Morgan fingerprint density at radius 2 is 2.12 bits per heavy atom. The summed E-state index contributed by atoms with van der Waals surface area (Å²) in [5, 5.41) is 5.40. The fourth-order valence-corrected chi connectivity index (χ4v) is 3.24. The summed E-state index contributed by atoms with van der Waals surface area (Å²) in [5.41, 5.74) is 5.47. The number of nitrogens with two attached hydrogens (primary N) is 1.